The Morgan fingerprint density at radius 3 is 2.71 bits per heavy atom. The molecule has 21 heavy (non-hydrogen) atoms. The quantitative estimate of drug-likeness (QED) is 0.851. The number of carboxylic acid groups (broad SMARTS) is 1. The molecule has 0 bridgehead atoms. The van der Waals surface area contributed by atoms with Gasteiger partial charge < -0.3 is 20.1 Å². The number of aromatic carboxylic acids is 1. The van der Waals surface area contributed by atoms with Crippen LogP contribution >= 0.6 is 0 Å². The van der Waals surface area contributed by atoms with Gasteiger partial charge in [0.2, 0.25) is 5.91 Å². The van der Waals surface area contributed by atoms with E-state index in [1.165, 1.54) is 6.20 Å². The van der Waals surface area contributed by atoms with Crippen molar-refractivity contribution in [3.63, 3.8) is 0 Å². The number of carbonyl (C=O) groups is 2. The average molecular weight is 293 g/mol. The van der Waals surface area contributed by atoms with E-state index in [4.69, 9.17) is 9.84 Å². The summed E-state index contributed by atoms with van der Waals surface area (Å²) in [6.07, 6.45) is 1.30. The number of pyridine rings is 1. The van der Waals surface area contributed by atoms with Gasteiger partial charge in [-0.25, -0.2) is 4.79 Å². The fourth-order valence-electron chi connectivity index (χ4n) is 2.20. The van der Waals surface area contributed by atoms with Gasteiger partial charge in [-0.05, 0) is 19.9 Å². The Balaban J connectivity index is 2.11. The predicted molar refractivity (Wildman–Crippen MR) is 76.4 cm³/mol. The van der Waals surface area contributed by atoms with E-state index in [0.29, 0.717) is 37.7 Å². The zero-order chi connectivity index (χ0) is 15.4. The second-order valence-electron chi connectivity index (χ2n) is 4.98. The first kappa shape index (κ1) is 15.2. The molecule has 1 fully saturated rings. The van der Waals surface area contributed by atoms with Gasteiger partial charge in [0, 0.05) is 25.0 Å². The van der Waals surface area contributed by atoms with Crippen molar-refractivity contribution in [1.29, 1.82) is 0 Å². The van der Waals surface area contributed by atoms with Gasteiger partial charge in [-0.3, -0.25) is 9.78 Å². The number of morpholine rings is 1. The van der Waals surface area contributed by atoms with Gasteiger partial charge in [-0.2, -0.15) is 0 Å². The van der Waals surface area contributed by atoms with Crippen LogP contribution in [-0.4, -0.2) is 59.2 Å². The lowest BCUT2D eigenvalue weighted by atomic mass is 10.1. The molecule has 2 N–H and O–H groups in total. The van der Waals surface area contributed by atoms with Crippen LogP contribution in [0.4, 0.5) is 5.69 Å². The molecule has 2 heterocycles. The van der Waals surface area contributed by atoms with Crippen molar-refractivity contribution in [2.75, 3.05) is 31.6 Å². The molecule has 0 aliphatic carbocycles. The van der Waals surface area contributed by atoms with Crippen LogP contribution in [0.15, 0.2) is 12.3 Å². The minimum atomic E-state index is -1.07. The van der Waals surface area contributed by atoms with Gasteiger partial charge in [-0.15, -0.1) is 0 Å². The van der Waals surface area contributed by atoms with E-state index in [2.05, 4.69) is 10.3 Å². The largest absolute Gasteiger partial charge is 0.478 e. The van der Waals surface area contributed by atoms with E-state index in [1.54, 1.807) is 24.8 Å². The van der Waals surface area contributed by atoms with Crippen LogP contribution < -0.4 is 5.32 Å². The summed E-state index contributed by atoms with van der Waals surface area (Å²) in [5.74, 6) is -1.14. The molecular weight excluding hydrogens is 274 g/mol. The number of hydrogen-bond acceptors (Lipinski definition) is 5. The standard InChI is InChI=1S/C14H19N3O4/c1-9-7-12(11(8-15-9)14(19)20)16-10(2)13(18)17-3-5-21-6-4-17/h7-8,10H,3-6H2,1-2H3,(H,15,16)(H,19,20). The van der Waals surface area contributed by atoms with Gasteiger partial charge >= 0.3 is 5.97 Å². The van der Waals surface area contributed by atoms with Crippen LogP contribution in [0.3, 0.4) is 0 Å². The molecule has 2 rings (SSSR count). The number of amides is 1. The van der Waals surface area contributed by atoms with Crippen molar-refractivity contribution in [1.82, 2.24) is 9.88 Å². The van der Waals surface area contributed by atoms with Crippen molar-refractivity contribution < 1.29 is 19.4 Å². The van der Waals surface area contributed by atoms with Gasteiger partial charge in [-0.1, -0.05) is 0 Å². The maximum Gasteiger partial charge on any atom is 0.339 e. The number of anilines is 1. The normalized spacial score (nSPS) is 16.4. The van der Waals surface area contributed by atoms with E-state index < -0.39 is 12.0 Å². The van der Waals surface area contributed by atoms with Gasteiger partial charge in [0.1, 0.15) is 11.6 Å². The molecular formula is C14H19N3O4. The summed E-state index contributed by atoms with van der Waals surface area (Å²) in [6, 6.07) is 1.12. The first-order valence-electron chi connectivity index (χ1n) is 6.82. The topological polar surface area (TPSA) is 91.8 Å². The molecule has 1 amide bonds. The Bertz CT molecular complexity index is 541. The van der Waals surface area contributed by atoms with Crippen molar-refractivity contribution in [2.24, 2.45) is 0 Å². The van der Waals surface area contributed by atoms with Crippen LogP contribution in [0.5, 0.6) is 0 Å². The number of ether oxygens (including phenoxy) is 1. The second-order valence-corrected chi connectivity index (χ2v) is 4.98. The Morgan fingerprint density at radius 2 is 2.10 bits per heavy atom. The molecule has 0 radical (unpaired) electrons. The number of aryl methyl sites for hydroxylation is 1. The molecule has 1 atom stereocenters. The highest BCUT2D eigenvalue weighted by molar-refractivity contribution is 5.95. The lowest BCUT2D eigenvalue weighted by Gasteiger charge is -2.30. The summed E-state index contributed by atoms with van der Waals surface area (Å²) in [5.41, 5.74) is 1.15. The SMILES string of the molecule is Cc1cc(NC(C)C(=O)N2CCOCC2)c(C(=O)O)cn1. The molecule has 1 saturated heterocycles. The van der Waals surface area contributed by atoms with Crippen molar-refractivity contribution in [2.45, 2.75) is 19.9 Å². The number of nitrogens with one attached hydrogen (secondary N) is 1. The molecule has 0 saturated carbocycles. The van der Waals surface area contributed by atoms with E-state index in [-0.39, 0.29) is 11.5 Å². The predicted octanol–water partition coefficient (Wildman–Crippen LogP) is 0.747. The number of nitrogens with zero attached hydrogens (tertiary/aromatic N) is 2. The maximum absolute atomic E-state index is 12.3. The first-order chi connectivity index (χ1) is 9.99. The van der Waals surface area contributed by atoms with Crippen LogP contribution in [-0.2, 0) is 9.53 Å². The summed E-state index contributed by atoms with van der Waals surface area (Å²) in [7, 11) is 0. The Kier molecular flexibility index (Phi) is 4.74. The third kappa shape index (κ3) is 3.69. The number of carboxylic acids is 1. The second kappa shape index (κ2) is 6.53. The number of rotatable bonds is 4. The fraction of sp³-hybridized carbons (Fsp3) is 0.500. The van der Waals surface area contributed by atoms with Crippen molar-refractivity contribution in [3.8, 4) is 0 Å². The highest BCUT2D eigenvalue weighted by Gasteiger charge is 2.23. The summed E-state index contributed by atoms with van der Waals surface area (Å²) in [6.45, 7) is 5.68. The molecule has 1 aromatic rings. The van der Waals surface area contributed by atoms with Gasteiger partial charge in [0.05, 0.1) is 18.9 Å². The van der Waals surface area contributed by atoms with Gasteiger partial charge in [0.25, 0.3) is 0 Å². The van der Waals surface area contributed by atoms with E-state index in [1.807, 2.05) is 0 Å². The summed E-state index contributed by atoms with van der Waals surface area (Å²) in [4.78, 5) is 29.2. The monoisotopic (exact) mass is 293 g/mol. The highest BCUT2D eigenvalue weighted by Crippen LogP contribution is 2.17. The molecule has 0 aromatic carbocycles. The van der Waals surface area contributed by atoms with Crippen LogP contribution in [0.25, 0.3) is 0 Å². The zero-order valence-electron chi connectivity index (χ0n) is 12.1. The minimum absolute atomic E-state index is 0.0576. The van der Waals surface area contributed by atoms with Crippen molar-refractivity contribution >= 4 is 17.6 Å². The summed E-state index contributed by atoms with van der Waals surface area (Å²) in [5, 5.41) is 12.1. The van der Waals surface area contributed by atoms with Gasteiger partial charge in [0.15, 0.2) is 0 Å². The molecule has 7 nitrogen and oxygen atoms in total. The third-order valence-electron chi connectivity index (χ3n) is 3.34. The zero-order valence-corrected chi connectivity index (χ0v) is 12.1. The Morgan fingerprint density at radius 1 is 1.43 bits per heavy atom. The Labute approximate surface area is 122 Å². The van der Waals surface area contributed by atoms with E-state index in [0.717, 1.165) is 0 Å². The Hall–Kier alpha value is -2.15. The van der Waals surface area contributed by atoms with Crippen molar-refractivity contribution in [3.05, 3.63) is 23.5 Å². The lowest BCUT2D eigenvalue weighted by molar-refractivity contribution is -0.135. The highest BCUT2D eigenvalue weighted by atomic mass is 16.5. The molecule has 0 spiro atoms. The van der Waals surface area contributed by atoms with Crippen LogP contribution in [0.2, 0.25) is 0 Å². The van der Waals surface area contributed by atoms with E-state index in [9.17, 15) is 9.59 Å². The average Bonchev–Trinajstić information content (AvgIpc) is 2.47. The molecule has 1 unspecified atom stereocenters. The minimum Gasteiger partial charge on any atom is -0.478 e. The summed E-state index contributed by atoms with van der Waals surface area (Å²) >= 11 is 0. The molecule has 1 aliphatic heterocycles. The summed E-state index contributed by atoms with van der Waals surface area (Å²) < 4.78 is 5.21. The molecule has 1 aliphatic rings. The first-order valence-corrected chi connectivity index (χ1v) is 6.82. The fourth-order valence-corrected chi connectivity index (χ4v) is 2.20. The number of carbonyl (C=O) groups excluding carboxylic acids is 1. The number of aromatic nitrogens is 1. The molecule has 7 heteroatoms. The van der Waals surface area contributed by atoms with Crippen LogP contribution in [0, 0.1) is 6.92 Å². The molecule has 1 aromatic heterocycles. The number of hydrogen-bond donors (Lipinski definition) is 2. The maximum atomic E-state index is 12.3. The van der Waals surface area contributed by atoms with E-state index >= 15 is 0 Å². The lowest BCUT2D eigenvalue weighted by Crippen LogP contribution is -2.47. The molecule has 114 valence electrons. The van der Waals surface area contributed by atoms with Crippen LogP contribution in [0.1, 0.15) is 23.0 Å². The third-order valence-corrected chi connectivity index (χ3v) is 3.34. The smallest absolute Gasteiger partial charge is 0.339 e.